The monoisotopic (exact) mass is 364 g/mol. The van der Waals surface area contributed by atoms with Crippen molar-refractivity contribution in [3.05, 3.63) is 88.8 Å². The molecule has 0 saturated heterocycles. The molecule has 0 aliphatic rings. The predicted molar refractivity (Wildman–Crippen MR) is 98.9 cm³/mol. The topological polar surface area (TPSA) is 81.4 Å². The highest BCUT2D eigenvalue weighted by Gasteiger charge is 2.25. The van der Waals surface area contributed by atoms with Crippen molar-refractivity contribution in [1.29, 1.82) is 0 Å². The molecule has 1 aromatic heterocycles. The number of nitrogens with one attached hydrogen (secondary N) is 1. The van der Waals surface area contributed by atoms with Gasteiger partial charge < -0.3 is 14.6 Å². The summed E-state index contributed by atoms with van der Waals surface area (Å²) in [5, 5.41) is 6.61. The fourth-order valence-electron chi connectivity index (χ4n) is 2.66. The quantitative estimate of drug-likeness (QED) is 0.677. The lowest BCUT2D eigenvalue weighted by atomic mass is 10.1. The summed E-state index contributed by atoms with van der Waals surface area (Å²) in [4.78, 5) is 25.3. The van der Waals surface area contributed by atoms with Gasteiger partial charge in [0.1, 0.15) is 12.4 Å². The maximum absolute atomic E-state index is 12.7. The SMILES string of the molecule is Cc1noc(C)c1COC(=O)C(NC(=O)c1ccccc1)c1ccccc1. The predicted octanol–water partition coefficient (Wildman–Crippen LogP) is 3.51. The molecule has 1 amide bonds. The van der Waals surface area contributed by atoms with Gasteiger partial charge in [-0.15, -0.1) is 0 Å². The van der Waals surface area contributed by atoms with Crippen LogP contribution in [0.4, 0.5) is 0 Å². The van der Waals surface area contributed by atoms with E-state index in [0.29, 0.717) is 22.6 Å². The number of hydrogen-bond acceptors (Lipinski definition) is 5. The van der Waals surface area contributed by atoms with E-state index >= 15 is 0 Å². The number of hydrogen-bond donors (Lipinski definition) is 1. The number of rotatable bonds is 6. The fourth-order valence-corrected chi connectivity index (χ4v) is 2.66. The standard InChI is InChI=1S/C21H20N2O4/c1-14-18(15(2)27-23-14)13-26-21(25)19(16-9-5-3-6-10-16)22-20(24)17-11-7-4-8-12-17/h3-12,19H,13H2,1-2H3,(H,22,24). The Hall–Kier alpha value is -3.41. The van der Waals surface area contributed by atoms with Gasteiger partial charge in [-0.05, 0) is 31.5 Å². The Morgan fingerprint density at radius 3 is 2.26 bits per heavy atom. The minimum Gasteiger partial charge on any atom is -0.459 e. The molecule has 2 aromatic carbocycles. The number of carbonyl (C=O) groups excluding carboxylic acids is 2. The number of carbonyl (C=O) groups is 2. The molecule has 3 rings (SSSR count). The number of nitrogens with zero attached hydrogens (tertiary/aromatic N) is 1. The molecular weight excluding hydrogens is 344 g/mol. The van der Waals surface area contributed by atoms with Crippen molar-refractivity contribution in [1.82, 2.24) is 10.5 Å². The van der Waals surface area contributed by atoms with Crippen LogP contribution in [0.1, 0.15) is 39.0 Å². The van der Waals surface area contributed by atoms with E-state index in [-0.39, 0.29) is 12.5 Å². The van der Waals surface area contributed by atoms with E-state index in [1.54, 1.807) is 62.4 Å². The van der Waals surface area contributed by atoms with E-state index in [2.05, 4.69) is 10.5 Å². The van der Waals surface area contributed by atoms with E-state index in [9.17, 15) is 9.59 Å². The van der Waals surface area contributed by atoms with Crippen LogP contribution in [0.5, 0.6) is 0 Å². The average Bonchev–Trinajstić information content (AvgIpc) is 3.03. The number of amides is 1. The van der Waals surface area contributed by atoms with Crippen LogP contribution in [-0.2, 0) is 16.1 Å². The first-order chi connectivity index (χ1) is 13.1. The van der Waals surface area contributed by atoms with Crippen LogP contribution >= 0.6 is 0 Å². The number of esters is 1. The molecule has 1 heterocycles. The first-order valence-corrected chi connectivity index (χ1v) is 8.55. The molecule has 0 radical (unpaired) electrons. The molecule has 0 aliphatic carbocycles. The maximum atomic E-state index is 12.7. The van der Waals surface area contributed by atoms with Gasteiger partial charge in [-0.3, -0.25) is 4.79 Å². The largest absolute Gasteiger partial charge is 0.459 e. The second-order valence-electron chi connectivity index (χ2n) is 6.09. The van der Waals surface area contributed by atoms with E-state index in [1.807, 2.05) is 12.1 Å². The Morgan fingerprint density at radius 2 is 1.67 bits per heavy atom. The Balaban J connectivity index is 1.77. The van der Waals surface area contributed by atoms with Gasteiger partial charge in [-0.1, -0.05) is 53.7 Å². The van der Waals surface area contributed by atoms with Gasteiger partial charge in [0.2, 0.25) is 0 Å². The summed E-state index contributed by atoms with van der Waals surface area (Å²) in [7, 11) is 0. The van der Waals surface area contributed by atoms with Gasteiger partial charge in [-0.2, -0.15) is 0 Å². The van der Waals surface area contributed by atoms with Gasteiger partial charge in [0.15, 0.2) is 6.04 Å². The van der Waals surface area contributed by atoms with E-state index in [1.165, 1.54) is 0 Å². The maximum Gasteiger partial charge on any atom is 0.333 e. The Labute approximate surface area is 157 Å². The van der Waals surface area contributed by atoms with Crippen molar-refractivity contribution in [3.63, 3.8) is 0 Å². The number of benzene rings is 2. The summed E-state index contributed by atoms with van der Waals surface area (Å²) in [6, 6.07) is 16.8. The molecule has 6 nitrogen and oxygen atoms in total. The second-order valence-corrected chi connectivity index (χ2v) is 6.09. The lowest BCUT2D eigenvalue weighted by molar-refractivity contribution is -0.147. The van der Waals surface area contributed by atoms with Crippen LogP contribution in [0.15, 0.2) is 65.2 Å². The van der Waals surface area contributed by atoms with Crippen molar-refractivity contribution < 1.29 is 18.8 Å². The third-order valence-electron chi connectivity index (χ3n) is 4.22. The summed E-state index contributed by atoms with van der Waals surface area (Å²) >= 11 is 0. The molecular formula is C21H20N2O4. The number of ether oxygens (including phenoxy) is 1. The molecule has 0 spiro atoms. The van der Waals surface area contributed by atoms with Gasteiger partial charge in [0.25, 0.3) is 5.91 Å². The minimum atomic E-state index is -0.917. The summed E-state index contributed by atoms with van der Waals surface area (Å²) in [6.07, 6.45) is 0. The van der Waals surface area contributed by atoms with Crippen LogP contribution in [0.25, 0.3) is 0 Å². The highest BCUT2D eigenvalue weighted by molar-refractivity contribution is 5.97. The zero-order valence-electron chi connectivity index (χ0n) is 15.1. The average molecular weight is 364 g/mol. The fraction of sp³-hybridized carbons (Fsp3) is 0.190. The third-order valence-corrected chi connectivity index (χ3v) is 4.22. The van der Waals surface area contributed by atoms with Crippen LogP contribution in [-0.4, -0.2) is 17.0 Å². The molecule has 138 valence electrons. The van der Waals surface area contributed by atoms with Gasteiger partial charge in [0, 0.05) is 5.56 Å². The van der Waals surface area contributed by atoms with E-state index in [4.69, 9.17) is 9.26 Å². The first kappa shape index (κ1) is 18.4. The zero-order chi connectivity index (χ0) is 19.2. The highest BCUT2D eigenvalue weighted by atomic mass is 16.5. The van der Waals surface area contributed by atoms with E-state index < -0.39 is 12.0 Å². The third kappa shape index (κ3) is 4.41. The molecule has 3 aromatic rings. The lowest BCUT2D eigenvalue weighted by Crippen LogP contribution is -2.35. The Morgan fingerprint density at radius 1 is 1.04 bits per heavy atom. The molecule has 0 aliphatic heterocycles. The molecule has 1 N–H and O–H groups in total. The van der Waals surface area contributed by atoms with Crippen LogP contribution < -0.4 is 5.32 Å². The van der Waals surface area contributed by atoms with Crippen molar-refractivity contribution >= 4 is 11.9 Å². The summed E-state index contributed by atoms with van der Waals surface area (Å²) < 4.78 is 10.5. The van der Waals surface area contributed by atoms with Crippen molar-refractivity contribution in [3.8, 4) is 0 Å². The van der Waals surface area contributed by atoms with Crippen LogP contribution in [0.2, 0.25) is 0 Å². The lowest BCUT2D eigenvalue weighted by Gasteiger charge is -2.18. The summed E-state index contributed by atoms with van der Waals surface area (Å²) in [5.41, 5.74) is 2.51. The van der Waals surface area contributed by atoms with Gasteiger partial charge in [0.05, 0.1) is 11.3 Å². The molecule has 1 unspecified atom stereocenters. The van der Waals surface area contributed by atoms with E-state index in [0.717, 1.165) is 5.56 Å². The second kappa shape index (κ2) is 8.31. The molecule has 27 heavy (non-hydrogen) atoms. The molecule has 0 fully saturated rings. The number of aryl methyl sites for hydroxylation is 2. The number of aromatic nitrogens is 1. The Bertz CT molecular complexity index is 900. The smallest absolute Gasteiger partial charge is 0.333 e. The van der Waals surface area contributed by atoms with Crippen molar-refractivity contribution in [2.45, 2.75) is 26.5 Å². The molecule has 6 heteroatoms. The molecule has 0 saturated carbocycles. The van der Waals surface area contributed by atoms with Crippen LogP contribution in [0.3, 0.4) is 0 Å². The Kier molecular flexibility index (Phi) is 5.66. The molecule has 1 atom stereocenters. The minimum absolute atomic E-state index is 0.0323. The van der Waals surface area contributed by atoms with Crippen molar-refractivity contribution in [2.24, 2.45) is 0 Å². The summed E-state index contributed by atoms with van der Waals surface area (Å²) in [6.45, 7) is 3.57. The normalized spacial score (nSPS) is 11.6. The van der Waals surface area contributed by atoms with Crippen molar-refractivity contribution in [2.75, 3.05) is 0 Å². The first-order valence-electron chi connectivity index (χ1n) is 8.55. The van der Waals surface area contributed by atoms with Crippen LogP contribution in [0, 0.1) is 13.8 Å². The zero-order valence-corrected chi connectivity index (χ0v) is 15.1. The molecule has 0 bridgehead atoms. The summed E-state index contributed by atoms with van der Waals surface area (Å²) in [5.74, 6) is -0.297. The highest BCUT2D eigenvalue weighted by Crippen LogP contribution is 2.19. The van der Waals surface area contributed by atoms with Gasteiger partial charge in [-0.25, -0.2) is 4.79 Å². The van der Waals surface area contributed by atoms with Gasteiger partial charge >= 0.3 is 5.97 Å².